The zero-order valence-electron chi connectivity index (χ0n) is 14.5. The molecule has 2 fully saturated rings. The van der Waals surface area contributed by atoms with Gasteiger partial charge >= 0.3 is 6.18 Å². The van der Waals surface area contributed by atoms with Gasteiger partial charge in [0.1, 0.15) is 5.82 Å². The lowest BCUT2D eigenvalue weighted by molar-refractivity contribution is -0.137. The number of nitrogens with zero attached hydrogens (tertiary/aromatic N) is 1. The summed E-state index contributed by atoms with van der Waals surface area (Å²) in [6.45, 7) is 3.29. The van der Waals surface area contributed by atoms with Crippen LogP contribution in [0.3, 0.4) is 0 Å². The van der Waals surface area contributed by atoms with E-state index in [4.69, 9.17) is 0 Å². The van der Waals surface area contributed by atoms with Gasteiger partial charge in [0.15, 0.2) is 0 Å². The molecule has 1 aromatic rings. The van der Waals surface area contributed by atoms with E-state index in [0.29, 0.717) is 17.5 Å². The summed E-state index contributed by atoms with van der Waals surface area (Å²) in [6.07, 6.45) is 0.976. The Morgan fingerprint density at radius 2 is 1.62 bits per heavy atom. The molecular formula is C18H26Cl2F4N2. The van der Waals surface area contributed by atoms with E-state index >= 15 is 0 Å². The van der Waals surface area contributed by atoms with E-state index in [1.54, 1.807) is 0 Å². The molecule has 150 valence electrons. The summed E-state index contributed by atoms with van der Waals surface area (Å²) in [4.78, 5) is 2.25. The molecule has 0 aromatic heterocycles. The molecule has 1 atom stereocenters. The van der Waals surface area contributed by atoms with Crippen LogP contribution in [0.1, 0.15) is 49.3 Å². The Balaban J connectivity index is 0.00000169. The van der Waals surface area contributed by atoms with Crippen LogP contribution >= 0.6 is 24.8 Å². The van der Waals surface area contributed by atoms with Crippen LogP contribution in [-0.2, 0) is 6.18 Å². The molecule has 0 amide bonds. The van der Waals surface area contributed by atoms with Crippen LogP contribution in [0, 0.1) is 11.7 Å². The predicted octanol–water partition coefficient (Wildman–Crippen LogP) is 5.21. The molecule has 1 saturated carbocycles. The normalized spacial score (nSPS) is 20.8. The fraction of sp³-hybridized carbons (Fsp3) is 0.667. The van der Waals surface area contributed by atoms with E-state index in [1.807, 2.05) is 0 Å². The Bertz CT molecular complexity index is 539. The fourth-order valence-electron chi connectivity index (χ4n) is 4.10. The van der Waals surface area contributed by atoms with Gasteiger partial charge in [0.2, 0.25) is 0 Å². The smallest absolute Gasteiger partial charge is 0.314 e. The van der Waals surface area contributed by atoms with Gasteiger partial charge in [-0.15, -0.1) is 24.8 Å². The Kier molecular flexibility index (Phi) is 9.13. The average Bonchev–Trinajstić information content (AvgIpc) is 2.58. The molecule has 8 heteroatoms. The van der Waals surface area contributed by atoms with E-state index in [9.17, 15) is 17.6 Å². The van der Waals surface area contributed by atoms with Crippen molar-refractivity contribution in [1.82, 2.24) is 10.2 Å². The second-order valence-corrected chi connectivity index (χ2v) is 6.86. The Hall–Kier alpha value is -0.560. The van der Waals surface area contributed by atoms with E-state index in [1.165, 1.54) is 12.5 Å². The average molecular weight is 417 g/mol. The van der Waals surface area contributed by atoms with Crippen molar-refractivity contribution in [2.24, 2.45) is 5.92 Å². The van der Waals surface area contributed by atoms with Gasteiger partial charge in [-0.1, -0.05) is 25.3 Å². The van der Waals surface area contributed by atoms with Gasteiger partial charge in [0.05, 0.1) is 5.56 Å². The highest BCUT2D eigenvalue weighted by molar-refractivity contribution is 5.85. The first-order chi connectivity index (χ1) is 11.5. The third kappa shape index (κ3) is 5.47. The van der Waals surface area contributed by atoms with Crippen LogP contribution in [0.5, 0.6) is 0 Å². The molecule has 0 radical (unpaired) electrons. The number of hydrogen-bond donors (Lipinski definition) is 1. The number of hydrogen-bond acceptors (Lipinski definition) is 2. The van der Waals surface area contributed by atoms with Crippen molar-refractivity contribution in [3.8, 4) is 0 Å². The summed E-state index contributed by atoms with van der Waals surface area (Å²) < 4.78 is 53.1. The SMILES string of the molecule is Cl.Cl.Fc1cc(C(F)(F)F)ccc1[C@H](C1CCCCC1)N1CCNCC1. The maximum atomic E-state index is 14.6. The van der Waals surface area contributed by atoms with Crippen molar-refractivity contribution >= 4 is 24.8 Å². The minimum absolute atomic E-state index is 0. The molecule has 1 aromatic carbocycles. The number of benzene rings is 1. The van der Waals surface area contributed by atoms with Crippen LogP contribution in [0.2, 0.25) is 0 Å². The van der Waals surface area contributed by atoms with Crippen LogP contribution in [0.4, 0.5) is 17.6 Å². The molecule has 1 aliphatic carbocycles. The van der Waals surface area contributed by atoms with Gasteiger partial charge in [-0.3, -0.25) is 4.90 Å². The lowest BCUT2D eigenvalue weighted by Crippen LogP contribution is -2.47. The van der Waals surface area contributed by atoms with Crippen LogP contribution < -0.4 is 5.32 Å². The number of nitrogens with one attached hydrogen (secondary N) is 1. The van der Waals surface area contributed by atoms with Gasteiger partial charge in [0, 0.05) is 37.8 Å². The van der Waals surface area contributed by atoms with Crippen molar-refractivity contribution in [2.45, 2.75) is 44.3 Å². The molecule has 1 aliphatic heterocycles. The molecule has 1 saturated heterocycles. The van der Waals surface area contributed by atoms with E-state index in [-0.39, 0.29) is 30.9 Å². The van der Waals surface area contributed by atoms with Gasteiger partial charge in [0.25, 0.3) is 0 Å². The highest BCUT2D eigenvalue weighted by atomic mass is 35.5. The second-order valence-electron chi connectivity index (χ2n) is 6.86. The molecule has 3 rings (SSSR count). The summed E-state index contributed by atoms with van der Waals surface area (Å²) in [6, 6.07) is 2.93. The zero-order valence-corrected chi connectivity index (χ0v) is 16.2. The van der Waals surface area contributed by atoms with Gasteiger partial charge < -0.3 is 5.32 Å². The lowest BCUT2D eigenvalue weighted by Gasteiger charge is -2.41. The zero-order chi connectivity index (χ0) is 17.2. The third-order valence-electron chi connectivity index (χ3n) is 5.29. The topological polar surface area (TPSA) is 15.3 Å². The molecule has 0 bridgehead atoms. The summed E-state index contributed by atoms with van der Waals surface area (Å²) in [5.74, 6) is -0.401. The first-order valence-corrected chi connectivity index (χ1v) is 8.78. The highest BCUT2D eigenvalue weighted by Gasteiger charge is 2.35. The maximum absolute atomic E-state index is 14.6. The summed E-state index contributed by atoms with van der Waals surface area (Å²) in [7, 11) is 0. The van der Waals surface area contributed by atoms with Crippen molar-refractivity contribution < 1.29 is 17.6 Å². The monoisotopic (exact) mass is 416 g/mol. The molecule has 26 heavy (non-hydrogen) atoms. The minimum atomic E-state index is -4.51. The van der Waals surface area contributed by atoms with Crippen LogP contribution in [0.25, 0.3) is 0 Å². The van der Waals surface area contributed by atoms with Crippen molar-refractivity contribution in [3.05, 3.63) is 35.1 Å². The second kappa shape index (κ2) is 10.1. The molecule has 2 aliphatic rings. The lowest BCUT2D eigenvalue weighted by atomic mass is 9.80. The standard InChI is InChI=1S/C18H24F4N2.2ClH/c19-16-12-14(18(20,21)22)6-7-15(16)17(13-4-2-1-3-5-13)24-10-8-23-9-11-24;;/h6-7,12-13,17,23H,1-5,8-11H2;2*1H/t17-;;/m0../s1. The van der Waals surface area contributed by atoms with Gasteiger partial charge in [-0.25, -0.2) is 4.39 Å². The molecule has 2 nitrogen and oxygen atoms in total. The first-order valence-electron chi connectivity index (χ1n) is 8.78. The van der Waals surface area contributed by atoms with E-state index in [2.05, 4.69) is 10.2 Å². The third-order valence-corrected chi connectivity index (χ3v) is 5.29. The fourth-order valence-corrected chi connectivity index (χ4v) is 4.10. The first kappa shape index (κ1) is 23.5. The van der Waals surface area contributed by atoms with E-state index in [0.717, 1.165) is 57.9 Å². The number of rotatable bonds is 3. The largest absolute Gasteiger partial charge is 0.416 e. The number of halogens is 6. The molecule has 0 spiro atoms. The van der Waals surface area contributed by atoms with Crippen molar-refractivity contribution in [2.75, 3.05) is 26.2 Å². The van der Waals surface area contributed by atoms with Crippen molar-refractivity contribution in [3.63, 3.8) is 0 Å². The maximum Gasteiger partial charge on any atom is 0.416 e. The van der Waals surface area contributed by atoms with E-state index < -0.39 is 17.6 Å². The number of piperazine rings is 1. The Morgan fingerprint density at radius 1 is 1.00 bits per heavy atom. The Morgan fingerprint density at radius 3 is 2.15 bits per heavy atom. The predicted molar refractivity (Wildman–Crippen MR) is 99.7 cm³/mol. The molecular weight excluding hydrogens is 391 g/mol. The summed E-state index contributed by atoms with van der Waals surface area (Å²) >= 11 is 0. The number of alkyl halides is 3. The highest BCUT2D eigenvalue weighted by Crippen LogP contribution is 2.40. The summed E-state index contributed by atoms with van der Waals surface area (Å²) in [5.41, 5.74) is -0.483. The van der Waals surface area contributed by atoms with Crippen molar-refractivity contribution in [1.29, 1.82) is 0 Å². The van der Waals surface area contributed by atoms with Gasteiger partial charge in [-0.2, -0.15) is 13.2 Å². The molecule has 1 heterocycles. The molecule has 0 unspecified atom stereocenters. The quantitative estimate of drug-likeness (QED) is 0.679. The van der Waals surface area contributed by atoms with Crippen LogP contribution in [0.15, 0.2) is 18.2 Å². The minimum Gasteiger partial charge on any atom is -0.314 e. The van der Waals surface area contributed by atoms with Gasteiger partial charge in [-0.05, 0) is 30.9 Å². The Labute approximate surface area is 164 Å². The van der Waals surface area contributed by atoms with Crippen LogP contribution in [-0.4, -0.2) is 31.1 Å². The summed E-state index contributed by atoms with van der Waals surface area (Å²) in [5, 5.41) is 3.28. The molecule has 1 N–H and O–H groups in total.